The van der Waals surface area contributed by atoms with Crippen molar-refractivity contribution in [1.29, 1.82) is 0 Å². The van der Waals surface area contributed by atoms with Gasteiger partial charge in [-0.25, -0.2) is 8.42 Å². The van der Waals surface area contributed by atoms with Crippen LogP contribution in [0.1, 0.15) is 37.8 Å². The first-order valence-electron chi connectivity index (χ1n) is 11.3. The van der Waals surface area contributed by atoms with Gasteiger partial charge < -0.3 is 15.0 Å². The van der Waals surface area contributed by atoms with Gasteiger partial charge in [0, 0.05) is 13.1 Å². The van der Waals surface area contributed by atoms with E-state index >= 15 is 0 Å². The van der Waals surface area contributed by atoms with E-state index < -0.39 is 28.5 Å². The molecule has 0 aliphatic carbocycles. The summed E-state index contributed by atoms with van der Waals surface area (Å²) in [7, 11) is -2.17. The fourth-order valence-corrected chi connectivity index (χ4v) is 4.22. The van der Waals surface area contributed by atoms with Gasteiger partial charge in [0.25, 0.3) is 0 Å². The Morgan fingerprint density at radius 1 is 1.06 bits per heavy atom. The van der Waals surface area contributed by atoms with Gasteiger partial charge in [0.15, 0.2) is 0 Å². The number of benzene rings is 2. The number of sulfonamides is 1. The standard InChI is InChI=1S/C25H35N3O5S/c1-6-7-16-26-25(30)20(3)27(17-21-10-14-23(33-4)15-11-21)24(29)18-28(34(5,31)32)22-12-8-19(2)9-13-22/h8-15,20H,6-7,16-18H2,1-5H3,(H,26,30). The van der Waals surface area contributed by atoms with E-state index in [1.54, 1.807) is 50.4 Å². The van der Waals surface area contributed by atoms with Crippen LogP contribution >= 0.6 is 0 Å². The van der Waals surface area contributed by atoms with E-state index in [2.05, 4.69) is 5.32 Å². The fourth-order valence-electron chi connectivity index (χ4n) is 3.37. The quantitative estimate of drug-likeness (QED) is 0.462. The first-order chi connectivity index (χ1) is 16.1. The van der Waals surface area contributed by atoms with Crippen molar-refractivity contribution in [2.24, 2.45) is 0 Å². The molecule has 0 aromatic heterocycles. The van der Waals surface area contributed by atoms with E-state index in [1.165, 1.54) is 4.90 Å². The molecule has 0 bridgehead atoms. The maximum atomic E-state index is 13.5. The van der Waals surface area contributed by atoms with Crippen LogP contribution < -0.4 is 14.4 Å². The minimum absolute atomic E-state index is 0.149. The second-order valence-corrected chi connectivity index (χ2v) is 10.2. The van der Waals surface area contributed by atoms with Crippen molar-refractivity contribution in [1.82, 2.24) is 10.2 Å². The summed E-state index contributed by atoms with van der Waals surface area (Å²) < 4.78 is 31.3. The molecule has 0 saturated carbocycles. The normalized spacial score (nSPS) is 12.0. The average Bonchev–Trinajstić information content (AvgIpc) is 2.81. The molecule has 8 nitrogen and oxygen atoms in total. The van der Waals surface area contributed by atoms with Crippen LogP contribution in [0.5, 0.6) is 5.75 Å². The summed E-state index contributed by atoms with van der Waals surface area (Å²) in [6.45, 7) is 5.83. The molecular weight excluding hydrogens is 454 g/mol. The van der Waals surface area contributed by atoms with Gasteiger partial charge in [0.05, 0.1) is 19.1 Å². The predicted molar refractivity (Wildman–Crippen MR) is 134 cm³/mol. The predicted octanol–water partition coefficient (Wildman–Crippen LogP) is 3.10. The lowest BCUT2D eigenvalue weighted by Gasteiger charge is -2.31. The van der Waals surface area contributed by atoms with Gasteiger partial charge in [-0.15, -0.1) is 0 Å². The summed E-state index contributed by atoms with van der Waals surface area (Å²) in [5.41, 5.74) is 2.16. The van der Waals surface area contributed by atoms with Crippen molar-refractivity contribution in [3.63, 3.8) is 0 Å². The molecule has 0 fully saturated rings. The highest BCUT2D eigenvalue weighted by Crippen LogP contribution is 2.20. The molecule has 2 aromatic rings. The number of anilines is 1. The van der Waals surface area contributed by atoms with E-state index in [0.29, 0.717) is 18.0 Å². The zero-order chi connectivity index (χ0) is 25.3. The molecule has 186 valence electrons. The summed E-state index contributed by atoms with van der Waals surface area (Å²) in [4.78, 5) is 27.7. The number of amides is 2. The van der Waals surface area contributed by atoms with Crippen LogP contribution in [0.3, 0.4) is 0 Å². The van der Waals surface area contributed by atoms with Crippen molar-refractivity contribution in [3.05, 3.63) is 59.7 Å². The number of carbonyl (C=O) groups is 2. The van der Waals surface area contributed by atoms with Crippen molar-refractivity contribution in [3.8, 4) is 5.75 Å². The minimum atomic E-state index is -3.74. The lowest BCUT2D eigenvalue weighted by atomic mass is 10.1. The maximum absolute atomic E-state index is 13.5. The van der Waals surface area contributed by atoms with E-state index in [0.717, 1.165) is 34.5 Å². The highest BCUT2D eigenvalue weighted by atomic mass is 32.2. The highest BCUT2D eigenvalue weighted by molar-refractivity contribution is 7.92. The molecule has 1 unspecified atom stereocenters. The zero-order valence-electron chi connectivity index (χ0n) is 20.6. The van der Waals surface area contributed by atoms with E-state index in [-0.39, 0.29) is 12.5 Å². The molecule has 2 rings (SSSR count). The number of nitrogens with one attached hydrogen (secondary N) is 1. The van der Waals surface area contributed by atoms with E-state index in [1.807, 2.05) is 26.0 Å². The molecule has 2 amide bonds. The smallest absolute Gasteiger partial charge is 0.244 e. The summed E-state index contributed by atoms with van der Waals surface area (Å²) >= 11 is 0. The summed E-state index contributed by atoms with van der Waals surface area (Å²) in [6, 6.07) is 13.3. The topological polar surface area (TPSA) is 96.0 Å². The molecule has 0 aliphatic rings. The average molecular weight is 490 g/mol. The lowest BCUT2D eigenvalue weighted by molar-refractivity contribution is -0.139. The molecule has 34 heavy (non-hydrogen) atoms. The molecule has 2 aromatic carbocycles. The van der Waals surface area contributed by atoms with E-state index in [4.69, 9.17) is 4.74 Å². The zero-order valence-corrected chi connectivity index (χ0v) is 21.4. The Kier molecular flexibility index (Phi) is 9.92. The lowest BCUT2D eigenvalue weighted by Crippen LogP contribution is -2.51. The van der Waals surface area contributed by atoms with Crippen LogP contribution in [0, 0.1) is 6.92 Å². The van der Waals surface area contributed by atoms with Crippen LogP contribution in [0.15, 0.2) is 48.5 Å². The molecule has 1 N–H and O–H groups in total. The first kappa shape index (κ1) is 27.2. The molecule has 1 atom stereocenters. The molecule has 0 spiro atoms. The van der Waals surface area contributed by atoms with Crippen LogP contribution in [-0.2, 0) is 26.2 Å². The van der Waals surface area contributed by atoms with Crippen LogP contribution in [0.4, 0.5) is 5.69 Å². The molecule has 9 heteroatoms. The third-order valence-electron chi connectivity index (χ3n) is 5.51. The molecule has 0 heterocycles. The Bertz CT molecular complexity index is 1050. The number of carbonyl (C=O) groups excluding carboxylic acids is 2. The number of aryl methyl sites for hydroxylation is 1. The second kappa shape index (κ2) is 12.4. The number of unbranched alkanes of at least 4 members (excludes halogenated alkanes) is 1. The Hall–Kier alpha value is -3.07. The monoisotopic (exact) mass is 489 g/mol. The maximum Gasteiger partial charge on any atom is 0.244 e. The number of hydrogen-bond acceptors (Lipinski definition) is 5. The van der Waals surface area contributed by atoms with Crippen molar-refractivity contribution in [2.75, 3.05) is 30.8 Å². The Labute approximate surface area is 202 Å². The minimum Gasteiger partial charge on any atom is -0.497 e. The largest absolute Gasteiger partial charge is 0.497 e. The number of hydrogen-bond donors (Lipinski definition) is 1. The summed E-state index contributed by atoms with van der Waals surface area (Å²) in [6.07, 6.45) is 2.83. The first-order valence-corrected chi connectivity index (χ1v) is 13.2. The second-order valence-electron chi connectivity index (χ2n) is 8.30. The third-order valence-corrected chi connectivity index (χ3v) is 6.65. The SMILES string of the molecule is CCCCNC(=O)C(C)N(Cc1ccc(OC)cc1)C(=O)CN(c1ccc(C)cc1)S(C)(=O)=O. The van der Waals surface area contributed by atoms with E-state index in [9.17, 15) is 18.0 Å². The molecule has 0 saturated heterocycles. The van der Waals surface area contributed by atoms with Crippen LogP contribution in [0.2, 0.25) is 0 Å². The van der Waals surface area contributed by atoms with Gasteiger partial charge in [0.2, 0.25) is 21.8 Å². The molecule has 0 radical (unpaired) electrons. The number of methoxy groups -OCH3 is 1. The van der Waals surface area contributed by atoms with Gasteiger partial charge >= 0.3 is 0 Å². The fraction of sp³-hybridized carbons (Fsp3) is 0.440. The van der Waals surface area contributed by atoms with Gasteiger partial charge in [-0.2, -0.15) is 0 Å². The highest BCUT2D eigenvalue weighted by Gasteiger charge is 2.30. The van der Waals surface area contributed by atoms with Crippen molar-refractivity contribution >= 4 is 27.5 Å². The van der Waals surface area contributed by atoms with Gasteiger partial charge in [-0.1, -0.05) is 43.2 Å². The van der Waals surface area contributed by atoms with Crippen LogP contribution in [-0.4, -0.2) is 57.6 Å². The molecule has 0 aliphatic heterocycles. The van der Waals surface area contributed by atoms with Gasteiger partial charge in [-0.3, -0.25) is 13.9 Å². The Morgan fingerprint density at radius 3 is 2.21 bits per heavy atom. The third kappa shape index (κ3) is 7.76. The number of rotatable bonds is 12. The van der Waals surface area contributed by atoms with Gasteiger partial charge in [-0.05, 0) is 50.1 Å². The van der Waals surface area contributed by atoms with Crippen molar-refractivity contribution in [2.45, 2.75) is 46.2 Å². The van der Waals surface area contributed by atoms with Crippen LogP contribution in [0.25, 0.3) is 0 Å². The van der Waals surface area contributed by atoms with Crippen molar-refractivity contribution < 1.29 is 22.7 Å². The molecular formula is C25H35N3O5S. The van der Waals surface area contributed by atoms with Gasteiger partial charge in [0.1, 0.15) is 18.3 Å². The number of ether oxygens (including phenoxy) is 1. The summed E-state index contributed by atoms with van der Waals surface area (Å²) in [5.74, 6) is -0.0777. The Morgan fingerprint density at radius 2 is 1.68 bits per heavy atom. The number of nitrogens with zero attached hydrogens (tertiary/aromatic N) is 2. The Balaban J connectivity index is 2.32. The summed E-state index contributed by atoms with van der Waals surface area (Å²) in [5, 5.41) is 2.86.